The lowest BCUT2D eigenvalue weighted by molar-refractivity contribution is -0.117. The van der Waals surface area contributed by atoms with Crippen LogP contribution in [0.1, 0.15) is 37.7 Å². The molecule has 0 spiro atoms. The highest BCUT2D eigenvalue weighted by molar-refractivity contribution is 6.43. The fourth-order valence-electron chi connectivity index (χ4n) is 2.97. The molecule has 0 fully saturated rings. The Morgan fingerprint density at radius 2 is 1.50 bits per heavy atom. The maximum Gasteiger partial charge on any atom is 0.310 e. The zero-order valence-corrected chi connectivity index (χ0v) is 15.8. The predicted octanol–water partition coefficient (Wildman–Crippen LogP) is 2.44. The van der Waals surface area contributed by atoms with E-state index in [4.69, 9.17) is 0 Å². The maximum atomic E-state index is 12.6. The van der Waals surface area contributed by atoms with Crippen molar-refractivity contribution >= 4 is 17.6 Å². The number of hydrogen-bond donors (Lipinski definition) is 2. The summed E-state index contributed by atoms with van der Waals surface area (Å²) in [6, 6.07) is 16.3. The lowest BCUT2D eigenvalue weighted by Crippen LogP contribution is -2.45. The summed E-state index contributed by atoms with van der Waals surface area (Å²) in [6.45, 7) is 5.17. The molecule has 0 aliphatic heterocycles. The van der Waals surface area contributed by atoms with Gasteiger partial charge in [0.15, 0.2) is 0 Å². The number of amides is 2. The van der Waals surface area contributed by atoms with Gasteiger partial charge in [0.1, 0.15) is 0 Å². The summed E-state index contributed by atoms with van der Waals surface area (Å²) < 4.78 is 1.61. The fourth-order valence-corrected chi connectivity index (χ4v) is 2.97. The van der Waals surface area contributed by atoms with Gasteiger partial charge in [0.05, 0.1) is 22.6 Å². The number of aryl methyl sites for hydroxylation is 2. The summed E-state index contributed by atoms with van der Waals surface area (Å²) in [5.74, 6) is -2.18. The molecule has 0 aliphatic rings. The molecule has 0 aliphatic carbocycles. The summed E-state index contributed by atoms with van der Waals surface area (Å²) in [5.41, 5.74) is 7.63. The van der Waals surface area contributed by atoms with E-state index in [1.807, 2.05) is 36.4 Å². The Morgan fingerprint density at radius 1 is 0.857 bits per heavy atom. The van der Waals surface area contributed by atoms with Crippen LogP contribution in [0.15, 0.2) is 54.6 Å². The molecule has 0 atom stereocenters. The average Bonchev–Trinajstić information content (AvgIpc) is 3.00. The Bertz CT molecular complexity index is 1050. The minimum atomic E-state index is -0.930. The molecule has 0 radical (unpaired) electrons. The number of para-hydroxylation sites is 1. The number of carbonyl (C=O) groups is 3. The Balaban J connectivity index is 1.75. The van der Waals surface area contributed by atoms with Crippen molar-refractivity contribution in [3.05, 3.63) is 82.7 Å². The van der Waals surface area contributed by atoms with Gasteiger partial charge in [0, 0.05) is 5.56 Å². The lowest BCUT2D eigenvalue weighted by atomic mass is 10.1. The summed E-state index contributed by atoms with van der Waals surface area (Å²) >= 11 is 0. The van der Waals surface area contributed by atoms with E-state index in [-0.39, 0.29) is 5.56 Å². The van der Waals surface area contributed by atoms with Gasteiger partial charge in [-0.3, -0.25) is 25.2 Å². The zero-order chi connectivity index (χ0) is 20.3. The van der Waals surface area contributed by atoms with Crippen LogP contribution in [0.4, 0.5) is 0 Å². The van der Waals surface area contributed by atoms with E-state index in [0.717, 1.165) is 11.3 Å². The Kier molecular flexibility index (Phi) is 5.35. The number of nitrogens with one attached hydrogen (secondary N) is 2. The van der Waals surface area contributed by atoms with Crippen molar-refractivity contribution in [1.29, 1.82) is 0 Å². The number of rotatable bonds is 4. The SMILES string of the molecule is Cc1ccccc1C(=O)NNC(=O)C(=O)c1c(C)nn(-c2ccccc2)c1C. The maximum absolute atomic E-state index is 12.6. The zero-order valence-electron chi connectivity index (χ0n) is 15.8. The second-order valence-corrected chi connectivity index (χ2v) is 6.35. The normalized spacial score (nSPS) is 10.4. The largest absolute Gasteiger partial charge is 0.310 e. The number of carbonyl (C=O) groups excluding carboxylic acids is 3. The molecule has 0 unspecified atom stereocenters. The van der Waals surface area contributed by atoms with Crippen molar-refractivity contribution in [2.75, 3.05) is 0 Å². The molecule has 2 amide bonds. The molecule has 3 rings (SSSR count). The average molecular weight is 376 g/mol. The van der Waals surface area contributed by atoms with Crippen molar-refractivity contribution in [3.63, 3.8) is 0 Å². The smallest absolute Gasteiger partial charge is 0.283 e. The Morgan fingerprint density at radius 3 is 2.18 bits per heavy atom. The number of benzene rings is 2. The number of aromatic nitrogens is 2. The molecule has 7 heteroatoms. The van der Waals surface area contributed by atoms with E-state index in [2.05, 4.69) is 16.0 Å². The van der Waals surface area contributed by atoms with E-state index < -0.39 is 17.6 Å². The van der Waals surface area contributed by atoms with Gasteiger partial charge in [0.2, 0.25) is 0 Å². The number of hydrogen-bond acceptors (Lipinski definition) is 4. The molecule has 0 saturated carbocycles. The van der Waals surface area contributed by atoms with Crippen molar-refractivity contribution in [2.24, 2.45) is 0 Å². The minimum absolute atomic E-state index is 0.214. The first kappa shape index (κ1) is 19.0. The fraction of sp³-hybridized carbons (Fsp3) is 0.143. The number of hydrazine groups is 1. The first-order chi connectivity index (χ1) is 13.4. The second kappa shape index (κ2) is 7.87. The molecule has 3 aromatic rings. The standard InChI is InChI=1S/C21H20N4O3/c1-13-9-7-8-12-17(13)20(27)22-23-21(28)19(26)18-14(2)24-25(15(18)3)16-10-5-4-6-11-16/h4-12H,1-3H3,(H,22,27)(H,23,28). The van der Waals surface area contributed by atoms with E-state index in [0.29, 0.717) is 17.0 Å². The van der Waals surface area contributed by atoms with Crippen LogP contribution in [-0.2, 0) is 4.79 Å². The van der Waals surface area contributed by atoms with Crippen molar-refractivity contribution in [1.82, 2.24) is 20.6 Å². The van der Waals surface area contributed by atoms with E-state index in [1.54, 1.807) is 43.7 Å². The lowest BCUT2D eigenvalue weighted by Gasteiger charge is -2.09. The molecule has 2 N–H and O–H groups in total. The third-order valence-electron chi connectivity index (χ3n) is 4.40. The van der Waals surface area contributed by atoms with Gasteiger partial charge in [-0.1, -0.05) is 36.4 Å². The van der Waals surface area contributed by atoms with Gasteiger partial charge in [-0.25, -0.2) is 4.68 Å². The van der Waals surface area contributed by atoms with Crippen molar-refractivity contribution in [2.45, 2.75) is 20.8 Å². The summed E-state index contributed by atoms with van der Waals surface area (Å²) in [5, 5.41) is 4.37. The third-order valence-corrected chi connectivity index (χ3v) is 4.40. The predicted molar refractivity (Wildman–Crippen MR) is 104 cm³/mol. The number of Topliss-reactive ketones (excluding diaryl/α,β-unsaturated/α-hetero) is 1. The van der Waals surface area contributed by atoms with Crippen LogP contribution in [-0.4, -0.2) is 27.4 Å². The van der Waals surface area contributed by atoms with E-state index >= 15 is 0 Å². The van der Waals surface area contributed by atoms with Gasteiger partial charge in [-0.15, -0.1) is 0 Å². The summed E-state index contributed by atoms with van der Waals surface area (Å²) in [6.07, 6.45) is 0. The Labute approximate surface area is 162 Å². The van der Waals surface area contributed by atoms with Crippen LogP contribution in [0.5, 0.6) is 0 Å². The van der Waals surface area contributed by atoms with Gasteiger partial charge >= 0.3 is 5.91 Å². The molecular weight excluding hydrogens is 356 g/mol. The van der Waals surface area contributed by atoms with Gasteiger partial charge in [-0.05, 0) is 44.5 Å². The molecule has 142 valence electrons. The van der Waals surface area contributed by atoms with Gasteiger partial charge in [-0.2, -0.15) is 5.10 Å². The first-order valence-corrected chi connectivity index (χ1v) is 8.72. The monoisotopic (exact) mass is 376 g/mol. The summed E-state index contributed by atoms with van der Waals surface area (Å²) in [7, 11) is 0. The van der Waals surface area contributed by atoms with Gasteiger partial charge < -0.3 is 0 Å². The van der Waals surface area contributed by atoms with Crippen LogP contribution in [0.2, 0.25) is 0 Å². The molecule has 1 heterocycles. The highest BCUT2D eigenvalue weighted by Gasteiger charge is 2.25. The van der Waals surface area contributed by atoms with E-state index in [1.165, 1.54) is 0 Å². The van der Waals surface area contributed by atoms with Crippen LogP contribution in [0, 0.1) is 20.8 Å². The molecule has 2 aromatic carbocycles. The molecule has 0 saturated heterocycles. The number of nitrogens with zero attached hydrogens (tertiary/aromatic N) is 2. The van der Waals surface area contributed by atoms with Crippen LogP contribution < -0.4 is 10.9 Å². The van der Waals surface area contributed by atoms with Crippen LogP contribution in [0.3, 0.4) is 0 Å². The first-order valence-electron chi connectivity index (χ1n) is 8.72. The number of ketones is 1. The highest BCUT2D eigenvalue weighted by Crippen LogP contribution is 2.18. The van der Waals surface area contributed by atoms with Crippen molar-refractivity contribution < 1.29 is 14.4 Å². The molecule has 7 nitrogen and oxygen atoms in total. The molecular formula is C21H20N4O3. The Hall–Kier alpha value is -3.74. The quantitative estimate of drug-likeness (QED) is 0.416. The molecule has 1 aromatic heterocycles. The van der Waals surface area contributed by atoms with E-state index in [9.17, 15) is 14.4 Å². The van der Waals surface area contributed by atoms with Gasteiger partial charge in [0.25, 0.3) is 11.7 Å². The summed E-state index contributed by atoms with van der Waals surface area (Å²) in [4.78, 5) is 37.1. The van der Waals surface area contributed by atoms with Crippen LogP contribution in [0.25, 0.3) is 5.69 Å². The minimum Gasteiger partial charge on any atom is -0.283 e. The third kappa shape index (κ3) is 3.68. The van der Waals surface area contributed by atoms with Crippen LogP contribution >= 0.6 is 0 Å². The molecule has 28 heavy (non-hydrogen) atoms. The highest BCUT2D eigenvalue weighted by atomic mass is 16.2. The molecule has 0 bridgehead atoms. The topological polar surface area (TPSA) is 93.1 Å². The van der Waals surface area contributed by atoms with Crippen molar-refractivity contribution in [3.8, 4) is 5.69 Å². The second-order valence-electron chi connectivity index (χ2n) is 6.35.